The van der Waals surface area contributed by atoms with Gasteiger partial charge in [-0.1, -0.05) is 11.6 Å². The molecule has 3 N–H and O–H groups in total. The van der Waals surface area contributed by atoms with Crippen molar-refractivity contribution >= 4 is 23.3 Å². The van der Waals surface area contributed by atoms with E-state index in [1.165, 1.54) is 25.7 Å². The molecule has 2 saturated carbocycles. The average molecular weight is 295 g/mol. The zero-order valence-electron chi connectivity index (χ0n) is 11.3. The molecule has 0 aromatic carbocycles. The molecule has 1 heterocycles. The van der Waals surface area contributed by atoms with E-state index >= 15 is 0 Å². The van der Waals surface area contributed by atoms with E-state index in [-0.39, 0.29) is 11.1 Å². The molecule has 3 rings (SSSR count). The van der Waals surface area contributed by atoms with Gasteiger partial charge in [0.1, 0.15) is 11.0 Å². The van der Waals surface area contributed by atoms with E-state index in [0.717, 1.165) is 13.1 Å². The van der Waals surface area contributed by atoms with Gasteiger partial charge in [0, 0.05) is 18.7 Å². The summed E-state index contributed by atoms with van der Waals surface area (Å²) >= 11 is 5.94. The third-order valence-electron chi connectivity index (χ3n) is 3.83. The minimum Gasteiger partial charge on any atom is -0.338 e. The van der Waals surface area contributed by atoms with Crippen LogP contribution in [0.1, 0.15) is 36.0 Å². The molecule has 0 bridgehead atoms. The minimum atomic E-state index is 0.0320. The lowest BCUT2D eigenvalue weighted by Crippen LogP contribution is -2.34. The van der Waals surface area contributed by atoms with E-state index < -0.39 is 0 Å². The number of aromatic nitrogens is 1. The second-order valence-electron chi connectivity index (χ2n) is 5.81. The van der Waals surface area contributed by atoms with Crippen molar-refractivity contribution in [1.29, 1.82) is 0 Å². The fourth-order valence-corrected chi connectivity index (χ4v) is 2.55. The second-order valence-corrected chi connectivity index (χ2v) is 6.19. The molecule has 0 saturated heterocycles. The highest BCUT2D eigenvalue weighted by Gasteiger charge is 2.32. The summed E-state index contributed by atoms with van der Waals surface area (Å²) < 4.78 is 0. The summed E-state index contributed by atoms with van der Waals surface area (Å²) in [6.45, 7) is 1.72. The standard InChI is InChI=1S/C14H19ClN4O/c15-12-5-11(6-13(17-12)18-16)14(20)19(7-9-1-2-9)8-10-3-4-10/h5-6,9-10H,1-4,7-8,16H2,(H,17,18). The van der Waals surface area contributed by atoms with Gasteiger partial charge in [-0.3, -0.25) is 4.79 Å². The number of hydrogen-bond acceptors (Lipinski definition) is 4. The Hall–Kier alpha value is -1.33. The number of halogens is 1. The first-order chi connectivity index (χ1) is 9.65. The van der Waals surface area contributed by atoms with Crippen molar-refractivity contribution in [2.45, 2.75) is 25.7 Å². The predicted molar refractivity (Wildman–Crippen MR) is 78.4 cm³/mol. The molecule has 1 aromatic rings. The zero-order valence-corrected chi connectivity index (χ0v) is 12.1. The predicted octanol–water partition coefficient (Wildman–Crippen LogP) is 2.28. The number of carbonyl (C=O) groups is 1. The van der Waals surface area contributed by atoms with Crippen LogP contribution in [0.3, 0.4) is 0 Å². The largest absolute Gasteiger partial charge is 0.338 e. The third kappa shape index (κ3) is 3.41. The summed E-state index contributed by atoms with van der Waals surface area (Å²) in [7, 11) is 0. The molecule has 0 unspecified atom stereocenters. The summed E-state index contributed by atoms with van der Waals surface area (Å²) in [4.78, 5) is 18.6. The van der Waals surface area contributed by atoms with E-state index in [4.69, 9.17) is 17.4 Å². The Morgan fingerprint density at radius 2 is 1.90 bits per heavy atom. The van der Waals surface area contributed by atoms with Gasteiger partial charge in [-0.15, -0.1) is 0 Å². The number of hydrogen-bond donors (Lipinski definition) is 2. The van der Waals surface area contributed by atoms with Crippen LogP contribution in [0.2, 0.25) is 5.15 Å². The van der Waals surface area contributed by atoms with Gasteiger partial charge in [0.2, 0.25) is 0 Å². The Morgan fingerprint density at radius 1 is 1.30 bits per heavy atom. The van der Waals surface area contributed by atoms with Crippen LogP contribution < -0.4 is 11.3 Å². The number of amides is 1. The maximum atomic E-state index is 12.7. The quantitative estimate of drug-likeness (QED) is 0.480. The summed E-state index contributed by atoms with van der Waals surface area (Å²) in [5.74, 6) is 7.16. The number of rotatable bonds is 6. The van der Waals surface area contributed by atoms with Crippen LogP contribution in [-0.2, 0) is 0 Å². The summed E-state index contributed by atoms with van der Waals surface area (Å²) in [5.41, 5.74) is 3.00. The molecule has 5 nitrogen and oxygen atoms in total. The van der Waals surface area contributed by atoms with Crippen molar-refractivity contribution in [2.75, 3.05) is 18.5 Å². The van der Waals surface area contributed by atoms with E-state index in [1.807, 2.05) is 4.90 Å². The van der Waals surface area contributed by atoms with Crippen LogP contribution in [-0.4, -0.2) is 28.9 Å². The smallest absolute Gasteiger partial charge is 0.254 e. The number of nitrogens with two attached hydrogens (primary N) is 1. The van der Waals surface area contributed by atoms with Gasteiger partial charge in [-0.25, -0.2) is 10.8 Å². The zero-order chi connectivity index (χ0) is 14.1. The first-order valence-corrected chi connectivity index (χ1v) is 7.47. The fourth-order valence-electron chi connectivity index (χ4n) is 2.34. The maximum absolute atomic E-state index is 12.7. The Kier molecular flexibility index (Phi) is 3.81. The van der Waals surface area contributed by atoms with E-state index in [2.05, 4.69) is 10.4 Å². The Labute approximate surface area is 123 Å². The molecule has 2 fully saturated rings. The van der Waals surface area contributed by atoms with Gasteiger partial charge in [0.15, 0.2) is 0 Å². The van der Waals surface area contributed by atoms with Gasteiger partial charge in [0.05, 0.1) is 0 Å². The molecule has 20 heavy (non-hydrogen) atoms. The van der Waals surface area contributed by atoms with Crippen LogP contribution in [0.25, 0.3) is 0 Å². The van der Waals surface area contributed by atoms with Crippen molar-refractivity contribution in [3.63, 3.8) is 0 Å². The lowest BCUT2D eigenvalue weighted by molar-refractivity contribution is 0.0739. The lowest BCUT2D eigenvalue weighted by Gasteiger charge is -2.23. The highest BCUT2D eigenvalue weighted by atomic mass is 35.5. The van der Waals surface area contributed by atoms with Gasteiger partial charge in [-0.2, -0.15) is 0 Å². The molecular formula is C14H19ClN4O. The number of nitrogens with one attached hydrogen (secondary N) is 1. The molecule has 1 amide bonds. The highest BCUT2D eigenvalue weighted by Crippen LogP contribution is 2.34. The topological polar surface area (TPSA) is 71.2 Å². The fraction of sp³-hybridized carbons (Fsp3) is 0.571. The Morgan fingerprint density at radius 3 is 2.40 bits per heavy atom. The van der Waals surface area contributed by atoms with Gasteiger partial charge < -0.3 is 10.3 Å². The van der Waals surface area contributed by atoms with Crippen LogP contribution in [0.5, 0.6) is 0 Å². The minimum absolute atomic E-state index is 0.0320. The van der Waals surface area contributed by atoms with E-state index in [9.17, 15) is 4.79 Å². The molecule has 2 aliphatic carbocycles. The van der Waals surface area contributed by atoms with Crippen LogP contribution in [0, 0.1) is 11.8 Å². The number of carbonyl (C=O) groups excluding carboxylic acids is 1. The summed E-state index contributed by atoms with van der Waals surface area (Å²) in [5, 5.41) is 0.279. The lowest BCUT2D eigenvalue weighted by atomic mass is 10.2. The van der Waals surface area contributed by atoms with Crippen molar-refractivity contribution in [3.8, 4) is 0 Å². The van der Waals surface area contributed by atoms with Crippen molar-refractivity contribution in [2.24, 2.45) is 17.7 Å². The first kappa shape index (κ1) is 13.6. The Balaban J connectivity index is 1.77. The number of hydrazine groups is 1. The highest BCUT2D eigenvalue weighted by molar-refractivity contribution is 6.29. The van der Waals surface area contributed by atoms with Gasteiger partial charge in [0.25, 0.3) is 5.91 Å². The van der Waals surface area contributed by atoms with Crippen molar-refractivity contribution in [3.05, 3.63) is 22.8 Å². The van der Waals surface area contributed by atoms with E-state index in [0.29, 0.717) is 23.2 Å². The molecule has 0 atom stereocenters. The van der Waals surface area contributed by atoms with E-state index in [1.54, 1.807) is 12.1 Å². The number of nitrogens with zero attached hydrogens (tertiary/aromatic N) is 2. The van der Waals surface area contributed by atoms with Gasteiger partial charge >= 0.3 is 0 Å². The van der Waals surface area contributed by atoms with Crippen molar-refractivity contribution in [1.82, 2.24) is 9.88 Å². The SMILES string of the molecule is NNc1cc(C(=O)N(CC2CC2)CC2CC2)cc(Cl)n1. The molecule has 0 aliphatic heterocycles. The monoisotopic (exact) mass is 294 g/mol. The van der Waals surface area contributed by atoms with Crippen molar-refractivity contribution < 1.29 is 4.79 Å². The number of pyridine rings is 1. The molecule has 0 spiro atoms. The number of anilines is 1. The molecule has 2 aliphatic rings. The molecule has 0 radical (unpaired) electrons. The average Bonchev–Trinajstić information content (AvgIpc) is 3.31. The summed E-state index contributed by atoms with van der Waals surface area (Å²) in [6.07, 6.45) is 4.95. The van der Waals surface area contributed by atoms with Gasteiger partial charge in [-0.05, 0) is 49.7 Å². The molecular weight excluding hydrogens is 276 g/mol. The number of nitrogen functional groups attached to an aromatic ring is 1. The van der Waals surface area contributed by atoms with Crippen LogP contribution >= 0.6 is 11.6 Å². The third-order valence-corrected chi connectivity index (χ3v) is 4.02. The molecule has 1 aromatic heterocycles. The first-order valence-electron chi connectivity index (χ1n) is 7.09. The maximum Gasteiger partial charge on any atom is 0.254 e. The second kappa shape index (κ2) is 5.58. The summed E-state index contributed by atoms with van der Waals surface area (Å²) in [6, 6.07) is 3.26. The molecule has 108 valence electrons. The normalized spacial score (nSPS) is 17.9. The molecule has 6 heteroatoms. The van der Waals surface area contributed by atoms with Crippen LogP contribution in [0.15, 0.2) is 12.1 Å². The van der Waals surface area contributed by atoms with Crippen LogP contribution in [0.4, 0.5) is 5.82 Å². The Bertz CT molecular complexity index is 500.